The van der Waals surface area contributed by atoms with Crippen molar-refractivity contribution in [1.29, 1.82) is 0 Å². The lowest BCUT2D eigenvalue weighted by atomic mass is 10.2. The summed E-state index contributed by atoms with van der Waals surface area (Å²) in [4.78, 5) is 22.9. The third-order valence-electron chi connectivity index (χ3n) is 3.81. The van der Waals surface area contributed by atoms with Gasteiger partial charge in [-0.05, 0) is 49.1 Å². The van der Waals surface area contributed by atoms with Crippen LogP contribution in [0.4, 0.5) is 4.39 Å². The molecule has 3 aromatic rings. The first kappa shape index (κ1) is 14.0. The fraction of sp³-hybridized carbons (Fsp3) is 0.250. The molecule has 3 nitrogen and oxygen atoms in total. The zero-order valence-electron chi connectivity index (χ0n) is 11.7. The van der Waals surface area contributed by atoms with Crippen LogP contribution in [0.5, 0.6) is 0 Å². The topological polar surface area (TPSA) is 45.8 Å². The Morgan fingerprint density at radius 1 is 1.27 bits per heavy atom. The summed E-state index contributed by atoms with van der Waals surface area (Å²) in [5.74, 6) is 0.997. The van der Waals surface area contributed by atoms with Crippen molar-refractivity contribution < 1.29 is 4.39 Å². The van der Waals surface area contributed by atoms with E-state index in [-0.39, 0.29) is 11.4 Å². The molecule has 1 N–H and O–H groups in total. The van der Waals surface area contributed by atoms with Crippen LogP contribution in [0.3, 0.4) is 0 Å². The van der Waals surface area contributed by atoms with E-state index in [0.29, 0.717) is 11.6 Å². The maximum absolute atomic E-state index is 12.9. The fourth-order valence-corrected chi connectivity index (χ4v) is 4.85. The smallest absolute Gasteiger partial charge is 0.259 e. The third kappa shape index (κ3) is 2.46. The van der Waals surface area contributed by atoms with Crippen LogP contribution in [0.25, 0.3) is 10.2 Å². The highest BCUT2D eigenvalue weighted by atomic mass is 32.2. The molecule has 112 valence electrons. The van der Waals surface area contributed by atoms with Gasteiger partial charge in [0.2, 0.25) is 0 Å². The summed E-state index contributed by atoms with van der Waals surface area (Å²) in [7, 11) is 0. The van der Waals surface area contributed by atoms with Gasteiger partial charge in [0.15, 0.2) is 0 Å². The van der Waals surface area contributed by atoms with Gasteiger partial charge in [-0.25, -0.2) is 9.37 Å². The lowest BCUT2D eigenvalue weighted by Crippen LogP contribution is -2.11. The molecular formula is C16H13FN2OS2. The molecule has 1 aromatic carbocycles. The van der Waals surface area contributed by atoms with Crippen LogP contribution in [0.15, 0.2) is 34.0 Å². The van der Waals surface area contributed by atoms with Crippen LogP contribution in [-0.2, 0) is 18.6 Å². The van der Waals surface area contributed by atoms with Gasteiger partial charge in [-0.1, -0.05) is 0 Å². The van der Waals surface area contributed by atoms with E-state index in [2.05, 4.69) is 9.97 Å². The molecule has 2 aromatic heterocycles. The summed E-state index contributed by atoms with van der Waals surface area (Å²) in [5, 5.41) is 0.785. The van der Waals surface area contributed by atoms with Crippen LogP contribution >= 0.6 is 23.1 Å². The minimum atomic E-state index is -0.245. The predicted molar refractivity (Wildman–Crippen MR) is 88.2 cm³/mol. The summed E-state index contributed by atoms with van der Waals surface area (Å²) in [5.41, 5.74) is 1.17. The number of nitrogens with zero attached hydrogens (tertiary/aromatic N) is 1. The molecule has 0 atom stereocenters. The Bertz CT molecular complexity index is 899. The van der Waals surface area contributed by atoms with Gasteiger partial charge < -0.3 is 4.98 Å². The van der Waals surface area contributed by atoms with Crippen molar-refractivity contribution in [2.45, 2.75) is 29.9 Å². The Morgan fingerprint density at radius 3 is 2.91 bits per heavy atom. The number of H-pyrrole nitrogens is 1. The Morgan fingerprint density at radius 2 is 2.09 bits per heavy atom. The van der Waals surface area contributed by atoms with Crippen molar-refractivity contribution in [3.63, 3.8) is 0 Å². The summed E-state index contributed by atoms with van der Waals surface area (Å²) in [6.07, 6.45) is 3.19. The molecule has 6 heteroatoms. The van der Waals surface area contributed by atoms with Gasteiger partial charge in [0.1, 0.15) is 16.5 Å². The average Bonchev–Trinajstić information content (AvgIpc) is 3.06. The fourth-order valence-electron chi connectivity index (χ4n) is 2.80. The molecule has 0 saturated heterocycles. The summed E-state index contributed by atoms with van der Waals surface area (Å²) in [6, 6.07) is 6.34. The van der Waals surface area contributed by atoms with E-state index in [4.69, 9.17) is 0 Å². The zero-order chi connectivity index (χ0) is 15.1. The van der Waals surface area contributed by atoms with Gasteiger partial charge in [-0.2, -0.15) is 0 Å². The van der Waals surface area contributed by atoms with Gasteiger partial charge in [-0.15, -0.1) is 23.1 Å². The largest absolute Gasteiger partial charge is 0.309 e. The quantitative estimate of drug-likeness (QED) is 0.740. The molecule has 0 amide bonds. The molecule has 0 aliphatic heterocycles. The van der Waals surface area contributed by atoms with Crippen LogP contribution in [-0.4, -0.2) is 9.97 Å². The number of thiophene rings is 1. The average molecular weight is 332 g/mol. The first-order chi connectivity index (χ1) is 10.7. The van der Waals surface area contributed by atoms with Crippen molar-refractivity contribution in [1.82, 2.24) is 9.97 Å². The lowest BCUT2D eigenvalue weighted by Gasteiger charge is -2.02. The van der Waals surface area contributed by atoms with E-state index >= 15 is 0 Å². The monoisotopic (exact) mass is 332 g/mol. The normalized spacial score (nSPS) is 13.7. The van der Waals surface area contributed by atoms with Gasteiger partial charge in [0.05, 0.1) is 11.1 Å². The van der Waals surface area contributed by atoms with E-state index in [1.165, 1.54) is 34.3 Å². The molecule has 2 heterocycles. The van der Waals surface area contributed by atoms with Crippen molar-refractivity contribution in [3.8, 4) is 0 Å². The number of aromatic amines is 1. The molecule has 22 heavy (non-hydrogen) atoms. The van der Waals surface area contributed by atoms with Crippen LogP contribution in [0.1, 0.15) is 22.7 Å². The maximum atomic E-state index is 12.9. The number of thioether (sulfide) groups is 1. The van der Waals surface area contributed by atoms with Gasteiger partial charge >= 0.3 is 0 Å². The van der Waals surface area contributed by atoms with Crippen molar-refractivity contribution in [2.24, 2.45) is 0 Å². The number of nitrogens with one attached hydrogen (secondary N) is 1. The molecule has 1 aliphatic rings. The Balaban J connectivity index is 1.63. The van der Waals surface area contributed by atoms with Crippen LogP contribution in [0, 0.1) is 5.82 Å². The second-order valence-corrected chi connectivity index (χ2v) is 7.43. The highest BCUT2D eigenvalue weighted by molar-refractivity contribution is 7.98. The van der Waals surface area contributed by atoms with Crippen LogP contribution in [0.2, 0.25) is 0 Å². The molecule has 0 saturated carbocycles. The summed E-state index contributed by atoms with van der Waals surface area (Å²) < 4.78 is 12.9. The number of benzene rings is 1. The number of rotatable bonds is 3. The minimum Gasteiger partial charge on any atom is -0.309 e. The van der Waals surface area contributed by atoms with Gasteiger partial charge in [-0.3, -0.25) is 4.79 Å². The van der Waals surface area contributed by atoms with E-state index in [0.717, 1.165) is 34.4 Å². The molecule has 0 bridgehead atoms. The van der Waals surface area contributed by atoms with Crippen molar-refractivity contribution in [3.05, 3.63) is 56.7 Å². The van der Waals surface area contributed by atoms with E-state index in [1.54, 1.807) is 23.5 Å². The Kier molecular flexibility index (Phi) is 3.50. The molecule has 0 unspecified atom stereocenters. The predicted octanol–water partition coefficient (Wildman–Crippen LogP) is 3.90. The van der Waals surface area contributed by atoms with Gasteiger partial charge in [0.25, 0.3) is 5.56 Å². The van der Waals surface area contributed by atoms with Crippen molar-refractivity contribution >= 4 is 33.3 Å². The standard InChI is InChI=1S/C16H13FN2OS2/c17-9-4-6-10(7-5-9)21-8-13-18-15(20)14-11-2-1-3-12(11)22-16(14)19-13/h4-7H,1-3,8H2,(H,18,19,20). The Labute approximate surface area is 134 Å². The number of fused-ring (bicyclic) bond motifs is 3. The zero-order valence-corrected chi connectivity index (χ0v) is 13.3. The summed E-state index contributed by atoms with van der Waals surface area (Å²) >= 11 is 3.18. The molecule has 4 rings (SSSR count). The second-order valence-electron chi connectivity index (χ2n) is 5.29. The highest BCUT2D eigenvalue weighted by Gasteiger charge is 2.20. The molecule has 0 fully saturated rings. The molecular weight excluding hydrogens is 319 g/mol. The van der Waals surface area contributed by atoms with E-state index in [9.17, 15) is 9.18 Å². The Hall–Kier alpha value is -1.66. The van der Waals surface area contributed by atoms with Crippen molar-refractivity contribution in [2.75, 3.05) is 0 Å². The maximum Gasteiger partial charge on any atom is 0.259 e. The number of halogens is 1. The van der Waals surface area contributed by atoms with Crippen LogP contribution < -0.4 is 5.56 Å². The lowest BCUT2D eigenvalue weighted by molar-refractivity contribution is 0.626. The first-order valence-corrected chi connectivity index (χ1v) is 8.93. The first-order valence-electron chi connectivity index (χ1n) is 7.12. The minimum absolute atomic E-state index is 0.0286. The molecule has 1 aliphatic carbocycles. The SMILES string of the molecule is O=c1[nH]c(CSc2ccc(F)cc2)nc2sc3c(c12)CCC3. The van der Waals surface area contributed by atoms with Gasteiger partial charge in [0, 0.05) is 9.77 Å². The third-order valence-corrected chi connectivity index (χ3v) is 6.02. The number of aryl methyl sites for hydroxylation is 2. The highest BCUT2D eigenvalue weighted by Crippen LogP contribution is 2.34. The summed E-state index contributed by atoms with van der Waals surface area (Å²) in [6.45, 7) is 0. The molecule has 0 radical (unpaired) electrons. The van der Waals surface area contributed by atoms with E-state index in [1.807, 2.05) is 0 Å². The van der Waals surface area contributed by atoms with E-state index < -0.39 is 0 Å². The second kappa shape index (κ2) is 5.52. The number of aromatic nitrogens is 2. The molecule has 0 spiro atoms. The number of hydrogen-bond acceptors (Lipinski definition) is 4. The number of hydrogen-bond donors (Lipinski definition) is 1.